The first kappa shape index (κ1) is 24.5. The number of halogens is 1. The summed E-state index contributed by atoms with van der Waals surface area (Å²) in [5.74, 6) is -0.0273. The fourth-order valence-corrected chi connectivity index (χ4v) is 6.39. The highest BCUT2D eigenvalue weighted by Gasteiger charge is 2.28. The van der Waals surface area contributed by atoms with E-state index in [-0.39, 0.29) is 24.2 Å². The van der Waals surface area contributed by atoms with Crippen molar-refractivity contribution < 1.29 is 17.9 Å². The van der Waals surface area contributed by atoms with Crippen LogP contribution in [0.1, 0.15) is 18.4 Å². The average Bonchev–Trinajstić information content (AvgIpc) is 3.45. The van der Waals surface area contributed by atoms with E-state index in [1.807, 2.05) is 36.1 Å². The molecule has 0 spiro atoms. The second kappa shape index (κ2) is 10.1. The van der Waals surface area contributed by atoms with Gasteiger partial charge in [-0.05, 0) is 43.0 Å². The van der Waals surface area contributed by atoms with Gasteiger partial charge < -0.3 is 5.11 Å². The standard InChI is InChI=1S/C25H29FN6O3S/c1-30-17-22(15-28-30)32-16-18(4-7-31(8-9-33)21-5-10-36(34,35)11-6-21)23-2-3-24(29-25(23)32)19-12-20(26)14-27-13-19/h2-3,12-17,21,33H,4-11H2,1H3. The Kier molecular flexibility index (Phi) is 6.87. The Bertz CT molecular complexity index is 1470. The first-order valence-electron chi connectivity index (χ1n) is 12.0. The maximum atomic E-state index is 13.8. The first-order chi connectivity index (χ1) is 17.3. The van der Waals surface area contributed by atoms with Gasteiger partial charge in [0.25, 0.3) is 0 Å². The van der Waals surface area contributed by atoms with E-state index < -0.39 is 15.7 Å². The van der Waals surface area contributed by atoms with Crippen LogP contribution < -0.4 is 0 Å². The molecule has 5 heterocycles. The molecular formula is C25H29FN6O3S. The monoisotopic (exact) mass is 512 g/mol. The van der Waals surface area contributed by atoms with Crippen molar-refractivity contribution in [1.29, 1.82) is 0 Å². The van der Waals surface area contributed by atoms with Crippen molar-refractivity contribution in [2.75, 3.05) is 31.2 Å². The molecule has 4 aromatic heterocycles. The highest BCUT2D eigenvalue weighted by Crippen LogP contribution is 2.28. The maximum Gasteiger partial charge on any atom is 0.150 e. The number of aryl methyl sites for hydroxylation is 1. The summed E-state index contributed by atoms with van der Waals surface area (Å²) in [7, 11) is -1.10. The number of hydrogen-bond acceptors (Lipinski definition) is 7. The van der Waals surface area contributed by atoms with Crippen molar-refractivity contribution in [3.8, 4) is 16.9 Å². The third-order valence-corrected chi connectivity index (χ3v) is 8.52. The van der Waals surface area contributed by atoms with E-state index in [0.29, 0.717) is 43.6 Å². The SMILES string of the molecule is Cn1cc(-n2cc(CCN(CCO)C3CCS(=O)(=O)CC3)c3ccc(-c4cncc(F)c4)nc32)cn1. The highest BCUT2D eigenvalue weighted by molar-refractivity contribution is 7.91. The topological polar surface area (TPSA) is 106 Å². The molecule has 36 heavy (non-hydrogen) atoms. The molecule has 1 N–H and O–H groups in total. The molecule has 1 saturated heterocycles. The molecule has 0 unspecified atom stereocenters. The Morgan fingerprint density at radius 1 is 1.14 bits per heavy atom. The molecule has 0 saturated carbocycles. The van der Waals surface area contributed by atoms with Gasteiger partial charge in [-0.1, -0.05) is 0 Å². The van der Waals surface area contributed by atoms with Crippen LogP contribution in [0.25, 0.3) is 28.0 Å². The van der Waals surface area contributed by atoms with Crippen LogP contribution in [0, 0.1) is 5.82 Å². The second-order valence-corrected chi connectivity index (χ2v) is 11.6. The van der Waals surface area contributed by atoms with E-state index in [1.165, 1.54) is 12.3 Å². The Morgan fingerprint density at radius 2 is 1.94 bits per heavy atom. The lowest BCUT2D eigenvalue weighted by atomic mass is 10.1. The van der Waals surface area contributed by atoms with Crippen LogP contribution in [0.15, 0.2) is 49.2 Å². The summed E-state index contributed by atoms with van der Waals surface area (Å²) in [4.78, 5) is 11.0. The van der Waals surface area contributed by atoms with Crippen LogP contribution in [-0.4, -0.2) is 80.0 Å². The molecule has 0 aromatic carbocycles. The molecule has 0 radical (unpaired) electrons. The molecule has 1 aliphatic heterocycles. The Hall–Kier alpha value is -3.15. The molecule has 0 bridgehead atoms. The van der Waals surface area contributed by atoms with Crippen LogP contribution >= 0.6 is 0 Å². The number of pyridine rings is 2. The number of sulfone groups is 1. The van der Waals surface area contributed by atoms with Gasteiger partial charge in [0, 0.05) is 55.7 Å². The molecule has 4 aromatic rings. The lowest BCUT2D eigenvalue weighted by molar-refractivity contribution is 0.143. The van der Waals surface area contributed by atoms with E-state index in [9.17, 15) is 17.9 Å². The minimum Gasteiger partial charge on any atom is -0.395 e. The Morgan fingerprint density at radius 3 is 2.64 bits per heavy atom. The molecular weight excluding hydrogens is 483 g/mol. The molecule has 190 valence electrons. The lowest BCUT2D eigenvalue weighted by Gasteiger charge is -2.33. The zero-order chi connectivity index (χ0) is 25.3. The normalized spacial score (nSPS) is 16.2. The molecule has 1 fully saturated rings. The predicted octanol–water partition coefficient (Wildman–Crippen LogP) is 2.37. The van der Waals surface area contributed by atoms with Crippen molar-refractivity contribution in [2.24, 2.45) is 7.05 Å². The predicted molar refractivity (Wildman–Crippen MR) is 135 cm³/mol. The van der Waals surface area contributed by atoms with Gasteiger partial charge in [-0.25, -0.2) is 17.8 Å². The van der Waals surface area contributed by atoms with E-state index in [0.717, 1.165) is 22.3 Å². The molecule has 0 amide bonds. The van der Waals surface area contributed by atoms with Gasteiger partial charge in [-0.2, -0.15) is 5.10 Å². The second-order valence-electron chi connectivity index (χ2n) is 9.25. The quantitative estimate of drug-likeness (QED) is 0.386. The fourth-order valence-electron chi connectivity index (χ4n) is 4.92. The molecule has 5 rings (SSSR count). The average molecular weight is 513 g/mol. The Labute approximate surface area is 209 Å². The molecule has 11 heteroatoms. The zero-order valence-corrected chi connectivity index (χ0v) is 20.9. The van der Waals surface area contributed by atoms with Crippen molar-refractivity contribution in [2.45, 2.75) is 25.3 Å². The van der Waals surface area contributed by atoms with Crippen LogP contribution in [-0.2, 0) is 23.3 Å². The van der Waals surface area contributed by atoms with Crippen molar-refractivity contribution in [1.82, 2.24) is 29.2 Å². The van der Waals surface area contributed by atoms with Gasteiger partial charge in [0.1, 0.15) is 21.3 Å². The number of nitrogens with zero attached hydrogens (tertiary/aromatic N) is 6. The largest absolute Gasteiger partial charge is 0.395 e. The third kappa shape index (κ3) is 5.18. The fraction of sp³-hybridized carbons (Fsp3) is 0.400. The van der Waals surface area contributed by atoms with Crippen molar-refractivity contribution >= 4 is 20.9 Å². The summed E-state index contributed by atoms with van der Waals surface area (Å²) in [6.07, 6.45) is 10.4. The summed E-state index contributed by atoms with van der Waals surface area (Å²) >= 11 is 0. The van der Waals surface area contributed by atoms with Crippen LogP contribution in [0.3, 0.4) is 0 Å². The summed E-state index contributed by atoms with van der Waals surface area (Å²) in [6, 6.07) is 5.41. The summed E-state index contributed by atoms with van der Waals surface area (Å²) in [5, 5.41) is 14.9. The Balaban J connectivity index is 1.47. The first-order valence-corrected chi connectivity index (χ1v) is 13.8. The summed E-state index contributed by atoms with van der Waals surface area (Å²) in [5.41, 5.74) is 3.89. The smallest absolute Gasteiger partial charge is 0.150 e. The maximum absolute atomic E-state index is 13.8. The third-order valence-electron chi connectivity index (χ3n) is 6.80. The number of aliphatic hydroxyl groups is 1. The highest BCUT2D eigenvalue weighted by atomic mass is 32.2. The minimum atomic E-state index is -2.95. The van der Waals surface area contributed by atoms with Crippen LogP contribution in [0.5, 0.6) is 0 Å². The van der Waals surface area contributed by atoms with Gasteiger partial charge in [-0.15, -0.1) is 0 Å². The van der Waals surface area contributed by atoms with Crippen LogP contribution in [0.2, 0.25) is 0 Å². The van der Waals surface area contributed by atoms with E-state index >= 15 is 0 Å². The van der Waals surface area contributed by atoms with E-state index in [4.69, 9.17) is 4.98 Å². The number of fused-ring (bicyclic) bond motifs is 1. The lowest BCUT2D eigenvalue weighted by Crippen LogP contribution is -2.43. The zero-order valence-electron chi connectivity index (χ0n) is 20.1. The number of aromatic nitrogens is 5. The van der Waals surface area contributed by atoms with Gasteiger partial charge in [0.05, 0.1) is 41.9 Å². The van der Waals surface area contributed by atoms with Gasteiger partial charge in [0.15, 0.2) is 0 Å². The van der Waals surface area contributed by atoms with E-state index in [2.05, 4.69) is 15.0 Å². The molecule has 1 aliphatic rings. The van der Waals surface area contributed by atoms with E-state index in [1.54, 1.807) is 17.1 Å². The van der Waals surface area contributed by atoms with Gasteiger partial charge in [0.2, 0.25) is 0 Å². The minimum absolute atomic E-state index is 0.0211. The van der Waals surface area contributed by atoms with Crippen molar-refractivity contribution in [3.63, 3.8) is 0 Å². The molecule has 0 atom stereocenters. The summed E-state index contributed by atoms with van der Waals surface area (Å²) in [6.45, 7) is 1.21. The number of hydrogen-bond donors (Lipinski definition) is 1. The molecule has 0 aliphatic carbocycles. The number of aliphatic hydroxyl groups excluding tert-OH is 1. The van der Waals surface area contributed by atoms with Crippen molar-refractivity contribution in [3.05, 3.63) is 60.6 Å². The molecule has 9 nitrogen and oxygen atoms in total. The van der Waals surface area contributed by atoms with Crippen LogP contribution in [0.4, 0.5) is 4.39 Å². The summed E-state index contributed by atoms with van der Waals surface area (Å²) < 4.78 is 41.3. The van der Waals surface area contributed by atoms with Gasteiger partial charge >= 0.3 is 0 Å². The van der Waals surface area contributed by atoms with Gasteiger partial charge in [-0.3, -0.25) is 19.1 Å². The number of rotatable bonds is 8.